The molecule has 3 nitrogen and oxygen atoms in total. The summed E-state index contributed by atoms with van der Waals surface area (Å²) >= 11 is 2.30. The average Bonchev–Trinajstić information content (AvgIpc) is 2.83. The van der Waals surface area contributed by atoms with E-state index in [1.54, 1.807) is 0 Å². The third-order valence-corrected chi connectivity index (χ3v) is 3.33. The summed E-state index contributed by atoms with van der Waals surface area (Å²) in [6.45, 7) is 4.14. The summed E-state index contributed by atoms with van der Waals surface area (Å²) in [6.07, 6.45) is 3.75. The van der Waals surface area contributed by atoms with Crippen molar-refractivity contribution >= 4 is 22.6 Å². The minimum atomic E-state index is 0.821. The average molecular weight is 356 g/mol. The third-order valence-electron chi connectivity index (χ3n) is 2.66. The van der Waals surface area contributed by atoms with Gasteiger partial charge in [-0.1, -0.05) is 19.1 Å². The van der Waals surface area contributed by atoms with Crippen molar-refractivity contribution in [2.75, 3.05) is 13.1 Å². The van der Waals surface area contributed by atoms with Gasteiger partial charge in [0.2, 0.25) is 0 Å². The lowest BCUT2D eigenvalue weighted by Crippen LogP contribution is -2.14. The van der Waals surface area contributed by atoms with E-state index in [0.717, 1.165) is 43.1 Å². The first kappa shape index (κ1) is 13.5. The molecule has 1 aromatic carbocycles. The summed E-state index contributed by atoms with van der Waals surface area (Å²) in [6, 6.07) is 8.25. The lowest BCUT2D eigenvalue weighted by molar-refractivity contribution is 0.493. The van der Waals surface area contributed by atoms with E-state index in [4.69, 9.17) is 4.42 Å². The quantitative estimate of drug-likeness (QED) is 0.636. The minimum absolute atomic E-state index is 0.821. The van der Waals surface area contributed by atoms with Crippen LogP contribution in [0.4, 0.5) is 0 Å². The maximum Gasteiger partial charge on any atom is 0.194 e. The van der Waals surface area contributed by atoms with Crippen molar-refractivity contribution in [1.29, 1.82) is 0 Å². The number of hydrogen-bond acceptors (Lipinski definition) is 3. The normalized spacial score (nSPS) is 10.8. The second kappa shape index (κ2) is 6.89. The molecule has 2 aromatic rings. The predicted octanol–water partition coefficient (Wildman–Crippen LogP) is 3.49. The zero-order chi connectivity index (χ0) is 12.8. The maximum atomic E-state index is 5.76. The van der Waals surface area contributed by atoms with Crippen LogP contribution in [0.1, 0.15) is 19.2 Å². The van der Waals surface area contributed by atoms with Gasteiger partial charge in [-0.05, 0) is 54.2 Å². The zero-order valence-corrected chi connectivity index (χ0v) is 12.6. The van der Waals surface area contributed by atoms with Gasteiger partial charge in [0.25, 0.3) is 0 Å². The zero-order valence-electron chi connectivity index (χ0n) is 10.4. The molecule has 18 heavy (non-hydrogen) atoms. The number of nitrogens with zero attached hydrogens (tertiary/aromatic N) is 1. The first-order valence-corrected chi connectivity index (χ1v) is 7.29. The van der Waals surface area contributed by atoms with Crippen LogP contribution < -0.4 is 5.32 Å². The number of aromatic nitrogens is 1. The van der Waals surface area contributed by atoms with Gasteiger partial charge >= 0.3 is 0 Å². The first-order valence-electron chi connectivity index (χ1n) is 6.21. The largest absolute Gasteiger partial charge is 0.441 e. The van der Waals surface area contributed by atoms with E-state index >= 15 is 0 Å². The van der Waals surface area contributed by atoms with E-state index in [1.807, 2.05) is 18.3 Å². The van der Waals surface area contributed by atoms with Crippen LogP contribution in [0.25, 0.3) is 11.3 Å². The molecular formula is C14H17IN2O. The number of oxazole rings is 1. The summed E-state index contributed by atoms with van der Waals surface area (Å²) in [4.78, 5) is 4.32. The molecule has 0 saturated heterocycles. The van der Waals surface area contributed by atoms with Crippen molar-refractivity contribution in [2.24, 2.45) is 0 Å². The summed E-state index contributed by atoms with van der Waals surface area (Å²) in [5.41, 5.74) is 1.09. The van der Waals surface area contributed by atoms with E-state index in [1.165, 1.54) is 3.57 Å². The molecule has 2 rings (SSSR count). The van der Waals surface area contributed by atoms with Crippen molar-refractivity contribution in [3.05, 3.63) is 39.9 Å². The van der Waals surface area contributed by atoms with Crippen molar-refractivity contribution in [2.45, 2.75) is 19.8 Å². The van der Waals surface area contributed by atoms with Gasteiger partial charge in [-0.15, -0.1) is 0 Å². The van der Waals surface area contributed by atoms with Crippen LogP contribution >= 0.6 is 22.6 Å². The fraction of sp³-hybridized carbons (Fsp3) is 0.357. The summed E-state index contributed by atoms with van der Waals surface area (Å²) < 4.78 is 6.97. The van der Waals surface area contributed by atoms with E-state index in [9.17, 15) is 0 Å². The monoisotopic (exact) mass is 356 g/mol. The SMILES string of the molecule is CCNCCCc1ncc(-c2cccc(I)c2)o1. The highest BCUT2D eigenvalue weighted by Crippen LogP contribution is 2.22. The fourth-order valence-electron chi connectivity index (χ4n) is 1.74. The Bertz CT molecular complexity index is 496. The molecule has 0 aliphatic heterocycles. The Morgan fingerprint density at radius 2 is 2.28 bits per heavy atom. The Kier molecular flexibility index (Phi) is 5.19. The van der Waals surface area contributed by atoms with E-state index in [-0.39, 0.29) is 0 Å². The molecule has 0 fully saturated rings. The highest BCUT2D eigenvalue weighted by atomic mass is 127. The highest BCUT2D eigenvalue weighted by molar-refractivity contribution is 14.1. The van der Waals surface area contributed by atoms with Gasteiger partial charge in [0.05, 0.1) is 6.20 Å². The minimum Gasteiger partial charge on any atom is -0.441 e. The molecule has 0 atom stereocenters. The van der Waals surface area contributed by atoms with Crippen molar-refractivity contribution in [3.8, 4) is 11.3 Å². The van der Waals surface area contributed by atoms with Gasteiger partial charge < -0.3 is 9.73 Å². The number of halogens is 1. The second-order valence-corrected chi connectivity index (χ2v) is 5.33. The van der Waals surface area contributed by atoms with Gasteiger partial charge in [0.15, 0.2) is 11.7 Å². The Morgan fingerprint density at radius 1 is 1.39 bits per heavy atom. The van der Waals surface area contributed by atoms with Crippen LogP contribution in [-0.2, 0) is 6.42 Å². The molecule has 0 spiro atoms. The van der Waals surface area contributed by atoms with Crippen LogP contribution in [0.15, 0.2) is 34.9 Å². The smallest absolute Gasteiger partial charge is 0.194 e. The molecule has 0 unspecified atom stereocenters. The molecule has 0 radical (unpaired) electrons. The summed E-state index contributed by atoms with van der Waals surface area (Å²) in [5.74, 6) is 1.67. The molecule has 1 N–H and O–H groups in total. The summed E-state index contributed by atoms with van der Waals surface area (Å²) in [5, 5.41) is 3.29. The van der Waals surface area contributed by atoms with E-state index < -0.39 is 0 Å². The molecule has 4 heteroatoms. The van der Waals surface area contributed by atoms with Gasteiger partial charge in [0.1, 0.15) is 0 Å². The summed E-state index contributed by atoms with van der Waals surface area (Å²) in [7, 11) is 0. The van der Waals surface area contributed by atoms with Crippen molar-refractivity contribution < 1.29 is 4.42 Å². The molecule has 1 aromatic heterocycles. The Labute approximate surface area is 121 Å². The fourth-order valence-corrected chi connectivity index (χ4v) is 2.29. The molecule has 0 aliphatic carbocycles. The van der Waals surface area contributed by atoms with Gasteiger partial charge in [0, 0.05) is 15.6 Å². The molecule has 0 amide bonds. The number of benzene rings is 1. The van der Waals surface area contributed by atoms with Crippen LogP contribution in [0.2, 0.25) is 0 Å². The van der Waals surface area contributed by atoms with E-state index in [0.29, 0.717) is 0 Å². The Balaban J connectivity index is 1.97. The van der Waals surface area contributed by atoms with Crippen LogP contribution in [0.3, 0.4) is 0 Å². The second-order valence-electron chi connectivity index (χ2n) is 4.09. The first-order chi connectivity index (χ1) is 8.79. The lowest BCUT2D eigenvalue weighted by Gasteiger charge is -1.99. The highest BCUT2D eigenvalue weighted by Gasteiger charge is 2.06. The van der Waals surface area contributed by atoms with Crippen molar-refractivity contribution in [3.63, 3.8) is 0 Å². The van der Waals surface area contributed by atoms with Crippen LogP contribution in [0, 0.1) is 3.57 Å². The van der Waals surface area contributed by atoms with Crippen LogP contribution in [-0.4, -0.2) is 18.1 Å². The van der Waals surface area contributed by atoms with Crippen LogP contribution in [0.5, 0.6) is 0 Å². The lowest BCUT2D eigenvalue weighted by atomic mass is 10.2. The standard InChI is InChI=1S/C14H17IN2O/c1-2-16-8-4-7-14-17-10-13(18-14)11-5-3-6-12(15)9-11/h3,5-6,9-10,16H,2,4,7-8H2,1H3. The number of aryl methyl sites for hydroxylation is 1. The van der Waals surface area contributed by atoms with Gasteiger partial charge in [-0.2, -0.15) is 0 Å². The number of hydrogen-bond donors (Lipinski definition) is 1. The molecule has 0 saturated carbocycles. The Hall–Kier alpha value is -0.880. The number of rotatable bonds is 6. The molecular weight excluding hydrogens is 339 g/mol. The molecule has 0 aliphatic rings. The predicted molar refractivity (Wildman–Crippen MR) is 81.5 cm³/mol. The van der Waals surface area contributed by atoms with E-state index in [2.05, 4.69) is 51.9 Å². The third kappa shape index (κ3) is 3.81. The molecule has 0 bridgehead atoms. The van der Waals surface area contributed by atoms with Gasteiger partial charge in [-0.3, -0.25) is 0 Å². The number of nitrogens with one attached hydrogen (secondary N) is 1. The van der Waals surface area contributed by atoms with Crippen molar-refractivity contribution in [1.82, 2.24) is 10.3 Å². The molecule has 1 heterocycles. The van der Waals surface area contributed by atoms with Gasteiger partial charge in [-0.25, -0.2) is 4.98 Å². The topological polar surface area (TPSA) is 38.1 Å². The Morgan fingerprint density at radius 3 is 3.06 bits per heavy atom. The molecule has 96 valence electrons. The maximum absolute atomic E-state index is 5.76.